The van der Waals surface area contributed by atoms with E-state index in [4.69, 9.17) is 21.1 Å². The number of nitrogens with one attached hydrogen (secondary N) is 1. The maximum atomic E-state index is 12.6. The summed E-state index contributed by atoms with van der Waals surface area (Å²) < 4.78 is 38.2. The number of carbonyl (C=O) groups is 1. The van der Waals surface area contributed by atoms with Crippen LogP contribution in [0.1, 0.15) is 5.56 Å². The molecule has 0 spiro atoms. The van der Waals surface area contributed by atoms with E-state index in [0.717, 1.165) is 5.56 Å². The highest BCUT2D eigenvalue weighted by atomic mass is 35.5. The summed E-state index contributed by atoms with van der Waals surface area (Å²) in [5.74, 6) is 0.656. The number of ether oxygens (including phenoxy) is 2. The van der Waals surface area contributed by atoms with Crippen LogP contribution in [0.2, 0.25) is 5.02 Å². The number of halogens is 1. The second-order valence-corrected chi connectivity index (χ2v) is 8.08. The van der Waals surface area contributed by atoms with Crippen molar-refractivity contribution in [3.63, 3.8) is 0 Å². The van der Waals surface area contributed by atoms with Crippen molar-refractivity contribution >= 4 is 27.5 Å². The first kappa shape index (κ1) is 19.5. The number of hydrogen-bond acceptors (Lipinski definition) is 5. The molecule has 1 aliphatic rings. The van der Waals surface area contributed by atoms with Gasteiger partial charge in [0, 0.05) is 30.2 Å². The fourth-order valence-electron chi connectivity index (χ4n) is 2.76. The maximum Gasteiger partial charge on any atom is 0.260 e. The van der Waals surface area contributed by atoms with Crippen molar-refractivity contribution < 1.29 is 22.7 Å². The molecule has 144 valence electrons. The monoisotopic (exact) mass is 410 g/mol. The molecule has 0 aliphatic carbocycles. The largest absolute Gasteiger partial charge is 0.495 e. The Morgan fingerprint density at radius 2 is 2.04 bits per heavy atom. The van der Waals surface area contributed by atoms with Gasteiger partial charge in [-0.05, 0) is 24.3 Å². The maximum absolute atomic E-state index is 12.6. The summed E-state index contributed by atoms with van der Waals surface area (Å²) in [6.45, 7) is 0.535. The lowest BCUT2D eigenvalue weighted by Gasteiger charge is -2.20. The predicted molar refractivity (Wildman–Crippen MR) is 101 cm³/mol. The van der Waals surface area contributed by atoms with Crippen LogP contribution in [0.4, 0.5) is 0 Å². The summed E-state index contributed by atoms with van der Waals surface area (Å²) >= 11 is 5.91. The Balaban J connectivity index is 1.68. The van der Waals surface area contributed by atoms with Crippen molar-refractivity contribution in [2.45, 2.75) is 11.4 Å². The summed E-state index contributed by atoms with van der Waals surface area (Å²) in [6.07, 6.45) is 0. The number of methoxy groups -OCH3 is 1. The van der Waals surface area contributed by atoms with Gasteiger partial charge in [-0.3, -0.25) is 4.79 Å². The van der Waals surface area contributed by atoms with Gasteiger partial charge in [0.05, 0.1) is 7.11 Å². The minimum Gasteiger partial charge on any atom is -0.495 e. The minimum absolute atomic E-state index is 0.0475. The highest BCUT2D eigenvalue weighted by Gasteiger charge is 2.23. The SMILES string of the molecule is COc1ccc(Cl)cc1S(=O)(=O)NCCN1Cc2ccccc2OCC1=O. The van der Waals surface area contributed by atoms with Gasteiger partial charge >= 0.3 is 0 Å². The highest BCUT2D eigenvalue weighted by molar-refractivity contribution is 7.89. The third-order valence-electron chi connectivity index (χ3n) is 4.13. The average Bonchev–Trinajstić information content (AvgIpc) is 2.81. The molecule has 2 aromatic rings. The standard InChI is InChI=1S/C18H19ClN2O5S/c1-25-16-7-6-14(19)10-17(16)27(23,24)20-8-9-21-11-13-4-2-3-5-15(13)26-12-18(21)22/h2-7,10,20H,8-9,11-12H2,1H3. The van der Waals surface area contributed by atoms with E-state index in [-0.39, 0.29) is 41.3 Å². The average molecular weight is 411 g/mol. The molecule has 0 radical (unpaired) electrons. The quantitative estimate of drug-likeness (QED) is 0.787. The molecule has 1 heterocycles. The molecule has 0 fully saturated rings. The van der Waals surface area contributed by atoms with E-state index in [1.807, 2.05) is 18.2 Å². The molecular formula is C18H19ClN2O5S. The van der Waals surface area contributed by atoms with Crippen LogP contribution in [0.25, 0.3) is 0 Å². The molecule has 0 saturated carbocycles. The smallest absolute Gasteiger partial charge is 0.260 e. The van der Waals surface area contributed by atoms with Gasteiger partial charge in [-0.25, -0.2) is 13.1 Å². The molecule has 2 aromatic carbocycles. The molecule has 3 rings (SSSR count). The molecule has 0 bridgehead atoms. The van der Waals surface area contributed by atoms with Crippen LogP contribution in [-0.2, 0) is 21.4 Å². The summed E-state index contributed by atoms with van der Waals surface area (Å²) in [5, 5.41) is 0.285. The van der Waals surface area contributed by atoms with Gasteiger partial charge in [-0.15, -0.1) is 0 Å². The molecule has 1 aliphatic heterocycles. The third-order valence-corrected chi connectivity index (χ3v) is 5.84. The van der Waals surface area contributed by atoms with Crippen molar-refractivity contribution in [1.29, 1.82) is 0 Å². The zero-order valence-electron chi connectivity index (χ0n) is 14.6. The first-order chi connectivity index (χ1) is 12.9. The second-order valence-electron chi connectivity index (χ2n) is 5.90. The first-order valence-corrected chi connectivity index (χ1v) is 10.1. The Bertz CT molecular complexity index is 949. The molecule has 0 atom stereocenters. The molecule has 7 nitrogen and oxygen atoms in total. The van der Waals surface area contributed by atoms with E-state index in [1.54, 1.807) is 17.0 Å². The highest BCUT2D eigenvalue weighted by Crippen LogP contribution is 2.27. The van der Waals surface area contributed by atoms with Gasteiger partial charge < -0.3 is 14.4 Å². The lowest BCUT2D eigenvalue weighted by Crippen LogP contribution is -2.39. The minimum atomic E-state index is -3.84. The number of para-hydroxylation sites is 1. The van der Waals surface area contributed by atoms with Gasteiger partial charge in [-0.2, -0.15) is 0 Å². The molecule has 27 heavy (non-hydrogen) atoms. The summed E-state index contributed by atoms with van der Waals surface area (Å²) in [5.41, 5.74) is 0.878. The molecule has 1 N–H and O–H groups in total. The fourth-order valence-corrected chi connectivity index (χ4v) is 4.21. The summed E-state index contributed by atoms with van der Waals surface area (Å²) in [7, 11) is -2.46. The van der Waals surface area contributed by atoms with Gasteiger partial charge in [-0.1, -0.05) is 29.8 Å². The van der Waals surface area contributed by atoms with E-state index >= 15 is 0 Å². The van der Waals surface area contributed by atoms with Crippen molar-refractivity contribution in [2.24, 2.45) is 0 Å². The van der Waals surface area contributed by atoms with Crippen molar-refractivity contribution in [3.05, 3.63) is 53.1 Å². The Hall–Kier alpha value is -2.29. The van der Waals surface area contributed by atoms with E-state index < -0.39 is 10.0 Å². The normalized spacial score (nSPS) is 14.3. The summed E-state index contributed by atoms with van der Waals surface area (Å²) in [6, 6.07) is 11.7. The van der Waals surface area contributed by atoms with E-state index in [0.29, 0.717) is 12.3 Å². The Labute approximate surface area is 162 Å². The number of hydrogen-bond donors (Lipinski definition) is 1. The molecule has 0 aromatic heterocycles. The van der Waals surface area contributed by atoms with Crippen molar-refractivity contribution in [3.8, 4) is 11.5 Å². The number of amides is 1. The predicted octanol–water partition coefficient (Wildman–Crippen LogP) is 2.05. The Morgan fingerprint density at radius 1 is 1.26 bits per heavy atom. The Kier molecular flexibility index (Phi) is 5.88. The lowest BCUT2D eigenvalue weighted by atomic mass is 10.2. The molecule has 0 saturated heterocycles. The topological polar surface area (TPSA) is 84.9 Å². The number of nitrogens with zero attached hydrogens (tertiary/aromatic N) is 1. The molecule has 0 unspecified atom stereocenters. The van der Waals surface area contributed by atoms with Crippen LogP contribution < -0.4 is 14.2 Å². The van der Waals surface area contributed by atoms with Crippen molar-refractivity contribution in [2.75, 3.05) is 26.8 Å². The number of fused-ring (bicyclic) bond motifs is 1. The Morgan fingerprint density at radius 3 is 2.81 bits per heavy atom. The van der Waals surface area contributed by atoms with E-state index in [9.17, 15) is 13.2 Å². The lowest BCUT2D eigenvalue weighted by molar-refractivity contribution is -0.133. The van der Waals surface area contributed by atoms with Crippen molar-refractivity contribution in [1.82, 2.24) is 9.62 Å². The van der Waals surface area contributed by atoms with Crippen LogP contribution in [0.15, 0.2) is 47.4 Å². The molecule has 1 amide bonds. The van der Waals surface area contributed by atoms with Crippen LogP contribution in [0, 0.1) is 0 Å². The number of benzene rings is 2. The van der Waals surface area contributed by atoms with Gasteiger partial charge in [0.1, 0.15) is 16.4 Å². The molecule has 9 heteroatoms. The van der Waals surface area contributed by atoms with Crippen LogP contribution in [0.3, 0.4) is 0 Å². The summed E-state index contributed by atoms with van der Waals surface area (Å²) in [4.78, 5) is 13.8. The van der Waals surface area contributed by atoms with Gasteiger partial charge in [0.25, 0.3) is 5.91 Å². The zero-order chi connectivity index (χ0) is 19.4. The zero-order valence-corrected chi connectivity index (χ0v) is 16.2. The fraction of sp³-hybridized carbons (Fsp3) is 0.278. The van der Waals surface area contributed by atoms with E-state index in [2.05, 4.69) is 4.72 Å². The van der Waals surface area contributed by atoms with Crippen LogP contribution in [-0.4, -0.2) is 46.0 Å². The van der Waals surface area contributed by atoms with Gasteiger partial charge in [0.15, 0.2) is 6.61 Å². The number of rotatable bonds is 6. The van der Waals surface area contributed by atoms with Crippen LogP contribution in [0.5, 0.6) is 11.5 Å². The number of sulfonamides is 1. The van der Waals surface area contributed by atoms with Crippen LogP contribution >= 0.6 is 11.6 Å². The van der Waals surface area contributed by atoms with E-state index in [1.165, 1.54) is 19.2 Å². The number of carbonyl (C=O) groups excluding carboxylic acids is 1. The first-order valence-electron chi connectivity index (χ1n) is 8.22. The third kappa shape index (κ3) is 4.52. The second kappa shape index (κ2) is 8.16. The van der Waals surface area contributed by atoms with Gasteiger partial charge in [0.2, 0.25) is 10.0 Å². The molecular weight excluding hydrogens is 392 g/mol.